The van der Waals surface area contributed by atoms with E-state index in [-0.39, 0.29) is 5.97 Å². The minimum absolute atomic E-state index is 0.367. The van der Waals surface area contributed by atoms with Gasteiger partial charge in [-0.2, -0.15) is 0 Å². The van der Waals surface area contributed by atoms with Crippen molar-refractivity contribution < 1.29 is 9.63 Å². The second-order valence-electron chi connectivity index (χ2n) is 7.86. The zero-order valence-electron chi connectivity index (χ0n) is 16.5. The van der Waals surface area contributed by atoms with E-state index in [0.29, 0.717) is 23.1 Å². The lowest BCUT2D eigenvalue weighted by atomic mass is 9.89. The van der Waals surface area contributed by atoms with Crippen LogP contribution >= 0.6 is 0 Å². The molecule has 0 radical (unpaired) electrons. The molecule has 0 spiro atoms. The molecule has 0 atom stereocenters. The fourth-order valence-corrected chi connectivity index (χ4v) is 3.90. The minimum atomic E-state index is -0.367. The summed E-state index contributed by atoms with van der Waals surface area (Å²) in [5.74, 6) is 0.689. The van der Waals surface area contributed by atoms with Crippen molar-refractivity contribution in [3.8, 4) is 0 Å². The summed E-state index contributed by atoms with van der Waals surface area (Å²) >= 11 is 0. The Morgan fingerprint density at radius 3 is 2.36 bits per heavy atom. The zero-order valence-corrected chi connectivity index (χ0v) is 16.5. The second kappa shape index (κ2) is 8.01. The summed E-state index contributed by atoms with van der Waals surface area (Å²) < 4.78 is 0. The van der Waals surface area contributed by atoms with E-state index in [4.69, 9.17) is 4.84 Å². The molecule has 4 nitrogen and oxygen atoms in total. The largest absolute Gasteiger partial charge is 0.377 e. The minimum Gasteiger partial charge on any atom is -0.377 e. The molecule has 0 bridgehead atoms. The summed E-state index contributed by atoms with van der Waals surface area (Å²) in [6, 6.07) is 18.9. The van der Waals surface area contributed by atoms with Gasteiger partial charge in [0.1, 0.15) is 11.3 Å². The number of carbonyl (C=O) groups excluding carboxylic acids is 1. The average molecular weight is 374 g/mol. The van der Waals surface area contributed by atoms with Gasteiger partial charge < -0.3 is 9.74 Å². The summed E-state index contributed by atoms with van der Waals surface area (Å²) in [5.41, 5.74) is 4.77. The number of piperidine rings is 1. The molecule has 4 rings (SSSR count). The van der Waals surface area contributed by atoms with E-state index in [9.17, 15) is 4.79 Å². The molecular formula is C24H26N2O2. The molecule has 0 aromatic heterocycles. The maximum Gasteiger partial charge on any atom is 0.369 e. The molecule has 1 saturated heterocycles. The predicted molar refractivity (Wildman–Crippen MR) is 111 cm³/mol. The number of rotatable bonds is 4. The number of hydrogen-bond donors (Lipinski definition) is 0. The van der Waals surface area contributed by atoms with E-state index in [1.807, 2.05) is 18.3 Å². The van der Waals surface area contributed by atoms with Gasteiger partial charge in [-0.3, -0.25) is 0 Å². The molecule has 2 aliphatic heterocycles. The second-order valence-corrected chi connectivity index (χ2v) is 7.86. The van der Waals surface area contributed by atoms with Gasteiger partial charge in [0, 0.05) is 24.9 Å². The summed E-state index contributed by atoms with van der Waals surface area (Å²) in [6.45, 7) is 6.18. The molecule has 2 aromatic rings. The van der Waals surface area contributed by atoms with Gasteiger partial charge in [0.2, 0.25) is 0 Å². The summed E-state index contributed by atoms with van der Waals surface area (Å²) in [4.78, 5) is 19.5. The van der Waals surface area contributed by atoms with Crippen LogP contribution in [0.5, 0.6) is 0 Å². The highest BCUT2D eigenvalue weighted by Gasteiger charge is 2.29. The molecular weight excluding hydrogens is 348 g/mol. The highest BCUT2D eigenvalue weighted by molar-refractivity contribution is 6.28. The lowest BCUT2D eigenvalue weighted by Crippen LogP contribution is -2.30. The van der Waals surface area contributed by atoms with Crippen molar-refractivity contribution in [2.24, 2.45) is 5.16 Å². The van der Waals surface area contributed by atoms with E-state index < -0.39 is 0 Å². The monoisotopic (exact) mass is 374 g/mol. The Morgan fingerprint density at radius 2 is 1.71 bits per heavy atom. The van der Waals surface area contributed by atoms with Gasteiger partial charge in [0.15, 0.2) is 0 Å². The Hall–Kier alpha value is -2.88. The van der Waals surface area contributed by atoms with Crippen LogP contribution in [0.2, 0.25) is 0 Å². The number of carbonyl (C=O) groups is 1. The first-order valence-corrected chi connectivity index (χ1v) is 10.0. The van der Waals surface area contributed by atoms with Crippen LogP contribution in [0.25, 0.3) is 0 Å². The summed E-state index contributed by atoms with van der Waals surface area (Å²) in [6.07, 6.45) is 4.10. The lowest BCUT2D eigenvalue weighted by Gasteiger charge is -2.31. The summed E-state index contributed by atoms with van der Waals surface area (Å²) in [5, 5.41) is 4.04. The Morgan fingerprint density at radius 1 is 1.04 bits per heavy atom. The molecule has 1 fully saturated rings. The topological polar surface area (TPSA) is 41.9 Å². The van der Waals surface area contributed by atoms with Crippen LogP contribution in [0, 0.1) is 0 Å². The van der Waals surface area contributed by atoms with Crippen LogP contribution in [-0.4, -0.2) is 29.7 Å². The molecule has 2 aromatic carbocycles. The van der Waals surface area contributed by atoms with Crippen molar-refractivity contribution in [2.45, 2.75) is 38.5 Å². The van der Waals surface area contributed by atoms with Crippen LogP contribution in [0.3, 0.4) is 0 Å². The fourth-order valence-electron chi connectivity index (χ4n) is 3.90. The first-order valence-electron chi connectivity index (χ1n) is 10.0. The highest BCUT2D eigenvalue weighted by atomic mass is 16.7. The van der Waals surface area contributed by atoms with Crippen LogP contribution in [-0.2, 0) is 9.63 Å². The van der Waals surface area contributed by atoms with Crippen LogP contribution in [0.4, 0.5) is 0 Å². The number of likely N-dealkylation sites (tertiary alicyclic amines) is 1. The van der Waals surface area contributed by atoms with Gasteiger partial charge >= 0.3 is 5.97 Å². The molecule has 0 unspecified atom stereocenters. The molecule has 0 amide bonds. The third-order valence-corrected chi connectivity index (χ3v) is 5.66. The van der Waals surface area contributed by atoms with Crippen molar-refractivity contribution in [1.82, 2.24) is 4.90 Å². The van der Waals surface area contributed by atoms with Crippen LogP contribution in [0.15, 0.2) is 71.5 Å². The maximum atomic E-state index is 12.3. The van der Waals surface area contributed by atoms with Crippen LogP contribution in [0.1, 0.15) is 55.2 Å². The van der Waals surface area contributed by atoms with Crippen molar-refractivity contribution in [2.75, 3.05) is 13.1 Å². The average Bonchev–Trinajstić information content (AvgIpc) is 3.09. The normalized spacial score (nSPS) is 19.2. The van der Waals surface area contributed by atoms with Crippen molar-refractivity contribution in [3.05, 3.63) is 83.1 Å². The van der Waals surface area contributed by atoms with Gasteiger partial charge in [-0.05, 0) is 35.8 Å². The van der Waals surface area contributed by atoms with Crippen molar-refractivity contribution in [1.29, 1.82) is 0 Å². The Labute approximate surface area is 166 Å². The lowest BCUT2D eigenvalue weighted by molar-refractivity contribution is -0.136. The standard InChI is InChI=1S/C24H26N2O2/c1-17(2)18-8-10-21(11-9-18)23-22(24(27)28-25-23)16-26-14-12-20(13-15-26)19-6-4-3-5-7-19/h3-11,16-17,20H,12-15H2,1-2H3. The molecule has 2 heterocycles. The molecule has 28 heavy (non-hydrogen) atoms. The Balaban J connectivity index is 1.47. The number of nitrogens with zero attached hydrogens (tertiary/aromatic N) is 2. The van der Waals surface area contributed by atoms with Crippen LogP contribution < -0.4 is 0 Å². The predicted octanol–water partition coefficient (Wildman–Crippen LogP) is 4.83. The van der Waals surface area contributed by atoms with Crippen molar-refractivity contribution in [3.63, 3.8) is 0 Å². The Bertz CT molecular complexity index is 890. The highest BCUT2D eigenvalue weighted by Crippen LogP contribution is 2.29. The molecule has 2 aliphatic rings. The smallest absolute Gasteiger partial charge is 0.369 e. The van der Waals surface area contributed by atoms with E-state index in [1.54, 1.807) is 0 Å². The number of benzene rings is 2. The fraction of sp³-hybridized carbons (Fsp3) is 0.333. The van der Waals surface area contributed by atoms with E-state index in [0.717, 1.165) is 31.5 Å². The third-order valence-electron chi connectivity index (χ3n) is 5.66. The maximum absolute atomic E-state index is 12.3. The van der Waals surface area contributed by atoms with Gasteiger partial charge in [0.05, 0.1) is 0 Å². The SMILES string of the molecule is CC(C)c1ccc(C2=NOC(=O)C2=CN2CCC(c3ccccc3)CC2)cc1. The van der Waals surface area contributed by atoms with Gasteiger partial charge in [-0.1, -0.05) is 73.6 Å². The zero-order chi connectivity index (χ0) is 19.5. The molecule has 4 heteroatoms. The molecule has 0 N–H and O–H groups in total. The third kappa shape index (κ3) is 3.86. The van der Waals surface area contributed by atoms with Gasteiger partial charge in [-0.25, -0.2) is 4.79 Å². The van der Waals surface area contributed by atoms with Gasteiger partial charge in [0.25, 0.3) is 0 Å². The van der Waals surface area contributed by atoms with E-state index >= 15 is 0 Å². The Kier molecular flexibility index (Phi) is 5.29. The van der Waals surface area contributed by atoms with E-state index in [1.165, 1.54) is 11.1 Å². The molecule has 0 aliphatic carbocycles. The first kappa shape index (κ1) is 18.5. The first-order chi connectivity index (χ1) is 13.6. The van der Waals surface area contributed by atoms with E-state index in [2.05, 4.69) is 66.4 Å². The molecule has 144 valence electrons. The number of hydrogen-bond acceptors (Lipinski definition) is 4. The van der Waals surface area contributed by atoms with Gasteiger partial charge in [-0.15, -0.1) is 0 Å². The quantitative estimate of drug-likeness (QED) is 0.568. The number of oxime groups is 1. The molecule has 0 saturated carbocycles. The summed E-state index contributed by atoms with van der Waals surface area (Å²) in [7, 11) is 0. The van der Waals surface area contributed by atoms with Crippen molar-refractivity contribution >= 4 is 11.7 Å².